The van der Waals surface area contributed by atoms with Crippen molar-refractivity contribution in [3.8, 4) is 0 Å². The van der Waals surface area contributed by atoms with Crippen molar-refractivity contribution in [1.29, 1.82) is 5.41 Å². The second kappa shape index (κ2) is 5.47. The SMILES string of the molecule is C=C(/C=C\C(C)=N\C=N)C(C)C. The van der Waals surface area contributed by atoms with Crippen LogP contribution < -0.4 is 0 Å². The van der Waals surface area contributed by atoms with Crippen molar-refractivity contribution < 1.29 is 0 Å². The van der Waals surface area contributed by atoms with Gasteiger partial charge in [-0.25, -0.2) is 4.99 Å². The molecule has 0 unspecified atom stereocenters. The zero-order chi connectivity index (χ0) is 9.56. The zero-order valence-corrected chi connectivity index (χ0v) is 7.96. The van der Waals surface area contributed by atoms with E-state index in [2.05, 4.69) is 25.4 Å². The first kappa shape index (κ1) is 10.8. The van der Waals surface area contributed by atoms with Crippen LogP contribution in [-0.2, 0) is 0 Å². The molecule has 1 N–H and O–H groups in total. The van der Waals surface area contributed by atoms with Crippen LogP contribution in [0.25, 0.3) is 0 Å². The van der Waals surface area contributed by atoms with Gasteiger partial charge in [-0.1, -0.05) is 32.1 Å². The normalized spacial score (nSPS) is 12.5. The first-order valence-corrected chi connectivity index (χ1v) is 3.98. The van der Waals surface area contributed by atoms with E-state index in [0.29, 0.717) is 5.92 Å². The van der Waals surface area contributed by atoms with Crippen molar-refractivity contribution in [2.45, 2.75) is 20.8 Å². The smallest absolute Gasteiger partial charge is 0.107 e. The van der Waals surface area contributed by atoms with Crippen LogP contribution in [0.1, 0.15) is 20.8 Å². The molecule has 0 saturated carbocycles. The quantitative estimate of drug-likeness (QED) is 0.377. The largest absolute Gasteiger partial charge is 0.290 e. The van der Waals surface area contributed by atoms with E-state index in [1.54, 1.807) is 0 Å². The number of rotatable bonds is 4. The second-order valence-corrected chi connectivity index (χ2v) is 2.96. The Hall–Kier alpha value is -1.18. The first-order chi connectivity index (χ1) is 5.57. The molecule has 0 heterocycles. The summed E-state index contributed by atoms with van der Waals surface area (Å²) in [7, 11) is 0. The third-order valence-electron chi connectivity index (χ3n) is 1.55. The molecule has 0 aromatic carbocycles. The number of hydrogen-bond donors (Lipinski definition) is 1. The summed E-state index contributed by atoms with van der Waals surface area (Å²) in [6, 6.07) is 0. The molecule has 0 rings (SSSR count). The van der Waals surface area contributed by atoms with Crippen LogP contribution >= 0.6 is 0 Å². The molecule has 0 aliphatic heterocycles. The molecule has 66 valence electrons. The highest BCUT2D eigenvalue weighted by molar-refractivity contribution is 5.97. The average Bonchev–Trinajstić information content (AvgIpc) is 2.00. The van der Waals surface area contributed by atoms with Gasteiger partial charge < -0.3 is 0 Å². The van der Waals surface area contributed by atoms with E-state index in [1.807, 2.05) is 19.1 Å². The average molecular weight is 164 g/mol. The van der Waals surface area contributed by atoms with Crippen LogP contribution in [0.5, 0.6) is 0 Å². The summed E-state index contributed by atoms with van der Waals surface area (Å²) >= 11 is 0. The molecule has 12 heavy (non-hydrogen) atoms. The molecule has 0 spiro atoms. The topological polar surface area (TPSA) is 36.2 Å². The molecule has 2 nitrogen and oxygen atoms in total. The van der Waals surface area contributed by atoms with Gasteiger partial charge in [0.1, 0.15) is 6.34 Å². The number of allylic oxidation sites excluding steroid dienone is 3. The molecular weight excluding hydrogens is 148 g/mol. The van der Waals surface area contributed by atoms with Crippen molar-refractivity contribution >= 4 is 12.1 Å². The molecule has 0 fully saturated rings. The Morgan fingerprint density at radius 3 is 2.42 bits per heavy atom. The highest BCUT2D eigenvalue weighted by atomic mass is 14.7. The molecule has 0 aromatic rings. The molecule has 0 aliphatic carbocycles. The molecule has 0 amide bonds. The monoisotopic (exact) mass is 164 g/mol. The molecule has 0 bridgehead atoms. The number of nitrogens with zero attached hydrogens (tertiary/aromatic N) is 1. The zero-order valence-electron chi connectivity index (χ0n) is 7.96. The van der Waals surface area contributed by atoms with Gasteiger partial charge in [-0.05, 0) is 18.9 Å². The fourth-order valence-corrected chi connectivity index (χ4v) is 0.565. The molecule has 0 radical (unpaired) electrons. The third-order valence-corrected chi connectivity index (χ3v) is 1.55. The minimum absolute atomic E-state index is 0.467. The molecule has 0 atom stereocenters. The van der Waals surface area contributed by atoms with Gasteiger partial charge in [0.25, 0.3) is 0 Å². The predicted molar refractivity (Wildman–Crippen MR) is 55.0 cm³/mol. The molecule has 0 aromatic heterocycles. The van der Waals surface area contributed by atoms with Crippen molar-refractivity contribution in [2.24, 2.45) is 10.9 Å². The fourth-order valence-electron chi connectivity index (χ4n) is 0.565. The second-order valence-electron chi connectivity index (χ2n) is 2.96. The van der Waals surface area contributed by atoms with E-state index in [-0.39, 0.29) is 0 Å². The van der Waals surface area contributed by atoms with E-state index in [1.165, 1.54) is 0 Å². The third kappa shape index (κ3) is 4.61. The summed E-state index contributed by atoms with van der Waals surface area (Å²) in [5, 5.41) is 6.73. The number of nitrogens with one attached hydrogen (secondary N) is 1. The summed E-state index contributed by atoms with van der Waals surface area (Å²) in [6.45, 7) is 9.93. The first-order valence-electron chi connectivity index (χ1n) is 3.98. The minimum atomic E-state index is 0.467. The van der Waals surface area contributed by atoms with Crippen LogP contribution in [0.2, 0.25) is 0 Å². The van der Waals surface area contributed by atoms with Crippen LogP contribution in [0.3, 0.4) is 0 Å². The lowest BCUT2D eigenvalue weighted by Crippen LogP contribution is -1.90. The van der Waals surface area contributed by atoms with Crippen molar-refractivity contribution in [3.05, 3.63) is 24.3 Å². The highest BCUT2D eigenvalue weighted by Crippen LogP contribution is 2.07. The maximum Gasteiger partial charge on any atom is 0.107 e. The summed E-state index contributed by atoms with van der Waals surface area (Å²) < 4.78 is 0. The van der Waals surface area contributed by atoms with Gasteiger partial charge in [0.15, 0.2) is 0 Å². The summed E-state index contributed by atoms with van der Waals surface area (Å²) in [6.07, 6.45) is 4.85. The highest BCUT2D eigenvalue weighted by Gasteiger charge is 1.93. The van der Waals surface area contributed by atoms with E-state index in [9.17, 15) is 0 Å². The Morgan fingerprint density at radius 1 is 1.42 bits per heavy atom. The summed E-state index contributed by atoms with van der Waals surface area (Å²) in [5.41, 5.74) is 1.90. The standard InChI is InChI=1S/C10H16N2/c1-8(2)9(3)5-6-10(4)12-7-11/h5-8,11H,3H2,1-2,4H3/b6-5-,11-7?,12-10+. The Morgan fingerprint density at radius 2 is 2.00 bits per heavy atom. The van der Waals surface area contributed by atoms with E-state index in [0.717, 1.165) is 17.6 Å². The van der Waals surface area contributed by atoms with Gasteiger partial charge in [0.2, 0.25) is 0 Å². The van der Waals surface area contributed by atoms with Gasteiger partial charge in [-0.15, -0.1) is 0 Å². The van der Waals surface area contributed by atoms with Gasteiger partial charge >= 0.3 is 0 Å². The van der Waals surface area contributed by atoms with Crippen molar-refractivity contribution in [1.82, 2.24) is 0 Å². The van der Waals surface area contributed by atoms with E-state index < -0.39 is 0 Å². The van der Waals surface area contributed by atoms with Crippen molar-refractivity contribution in [2.75, 3.05) is 0 Å². The summed E-state index contributed by atoms with van der Waals surface area (Å²) in [5.74, 6) is 0.467. The van der Waals surface area contributed by atoms with E-state index in [4.69, 9.17) is 5.41 Å². The Balaban J connectivity index is 4.16. The Labute approximate surface area is 74.2 Å². The van der Waals surface area contributed by atoms with Gasteiger partial charge in [0.05, 0.1) is 0 Å². The van der Waals surface area contributed by atoms with Crippen LogP contribution in [0, 0.1) is 11.3 Å². The Bertz CT molecular complexity index is 222. The maximum absolute atomic E-state index is 6.73. The predicted octanol–water partition coefficient (Wildman–Crippen LogP) is 2.82. The fraction of sp³-hybridized carbons (Fsp3) is 0.400. The number of aliphatic imine (C=N–C) groups is 1. The lowest BCUT2D eigenvalue weighted by atomic mass is 10.0. The van der Waals surface area contributed by atoms with Crippen LogP contribution in [0.15, 0.2) is 29.3 Å². The van der Waals surface area contributed by atoms with Gasteiger partial charge in [-0.3, -0.25) is 5.41 Å². The maximum atomic E-state index is 6.73. The molecule has 2 heteroatoms. The van der Waals surface area contributed by atoms with Crippen molar-refractivity contribution in [3.63, 3.8) is 0 Å². The minimum Gasteiger partial charge on any atom is -0.290 e. The van der Waals surface area contributed by atoms with Gasteiger partial charge in [-0.2, -0.15) is 0 Å². The van der Waals surface area contributed by atoms with Crippen LogP contribution in [-0.4, -0.2) is 12.1 Å². The van der Waals surface area contributed by atoms with E-state index >= 15 is 0 Å². The summed E-state index contributed by atoms with van der Waals surface area (Å²) in [4.78, 5) is 3.79. The lowest BCUT2D eigenvalue weighted by molar-refractivity contribution is 0.795. The molecular formula is C10H16N2. The lowest BCUT2D eigenvalue weighted by Gasteiger charge is -2.01. The Kier molecular flexibility index (Phi) is 4.93. The number of hydrogen-bond acceptors (Lipinski definition) is 1. The van der Waals surface area contributed by atoms with Gasteiger partial charge in [0, 0.05) is 5.71 Å². The van der Waals surface area contributed by atoms with Crippen LogP contribution in [0.4, 0.5) is 0 Å². The molecule has 0 saturated heterocycles. The molecule has 0 aliphatic rings.